The maximum Gasteiger partial charge on any atom is 0.201 e. The smallest absolute Gasteiger partial charge is 0.201 e. The maximum absolute atomic E-state index is 13.6. The molecule has 19 heavy (non-hydrogen) atoms. The van der Waals surface area contributed by atoms with Crippen molar-refractivity contribution < 1.29 is 18.3 Å². The number of carbonyl (C=O) groups excluding carboxylic acids is 1. The zero-order valence-corrected chi connectivity index (χ0v) is 10.1. The van der Waals surface area contributed by atoms with E-state index in [-0.39, 0.29) is 22.6 Å². The van der Waals surface area contributed by atoms with Gasteiger partial charge in [0, 0.05) is 11.8 Å². The van der Waals surface area contributed by atoms with Gasteiger partial charge in [-0.1, -0.05) is 6.07 Å². The molecule has 3 nitrogen and oxygen atoms in total. The van der Waals surface area contributed by atoms with Crippen molar-refractivity contribution in [2.45, 2.75) is 0 Å². The topological polar surface area (TPSA) is 52.3 Å². The first kappa shape index (κ1) is 13.0. The molecule has 0 aliphatic heterocycles. The van der Waals surface area contributed by atoms with Crippen LogP contribution in [-0.4, -0.2) is 12.9 Å². The van der Waals surface area contributed by atoms with Gasteiger partial charge in [0.25, 0.3) is 0 Å². The Morgan fingerprint density at radius 1 is 1.21 bits per heavy atom. The second kappa shape index (κ2) is 5.06. The number of hydrogen-bond acceptors (Lipinski definition) is 3. The van der Waals surface area contributed by atoms with Crippen molar-refractivity contribution in [3.8, 4) is 5.75 Å². The standard InChI is InChI=1S/C14H11F2NO2/c1-19-12-4-2-3-11(17)13(12)14(18)9-6-5-8(15)7-10(9)16/h2-7H,17H2,1H3. The average molecular weight is 263 g/mol. The highest BCUT2D eigenvalue weighted by atomic mass is 19.1. The molecule has 0 radical (unpaired) electrons. The molecule has 0 bridgehead atoms. The summed E-state index contributed by atoms with van der Waals surface area (Å²) in [7, 11) is 1.38. The Morgan fingerprint density at radius 3 is 2.58 bits per heavy atom. The van der Waals surface area contributed by atoms with Crippen molar-refractivity contribution in [2.24, 2.45) is 0 Å². The van der Waals surface area contributed by atoms with Gasteiger partial charge in [-0.3, -0.25) is 4.79 Å². The van der Waals surface area contributed by atoms with Gasteiger partial charge in [-0.25, -0.2) is 8.78 Å². The van der Waals surface area contributed by atoms with E-state index in [0.717, 1.165) is 12.1 Å². The van der Waals surface area contributed by atoms with Crippen molar-refractivity contribution in [1.29, 1.82) is 0 Å². The van der Waals surface area contributed by atoms with Crippen LogP contribution in [0, 0.1) is 11.6 Å². The summed E-state index contributed by atoms with van der Waals surface area (Å²) < 4.78 is 31.5. The van der Waals surface area contributed by atoms with Gasteiger partial charge in [0.15, 0.2) is 0 Å². The maximum atomic E-state index is 13.6. The summed E-state index contributed by atoms with van der Waals surface area (Å²) in [6.07, 6.45) is 0. The summed E-state index contributed by atoms with van der Waals surface area (Å²) >= 11 is 0. The van der Waals surface area contributed by atoms with Crippen LogP contribution in [0.2, 0.25) is 0 Å². The molecule has 2 rings (SSSR count). The molecule has 2 N–H and O–H groups in total. The fourth-order valence-corrected chi connectivity index (χ4v) is 1.77. The monoisotopic (exact) mass is 263 g/mol. The normalized spacial score (nSPS) is 10.3. The summed E-state index contributed by atoms with van der Waals surface area (Å²) in [5, 5.41) is 0. The lowest BCUT2D eigenvalue weighted by molar-refractivity contribution is 0.103. The van der Waals surface area contributed by atoms with E-state index in [1.54, 1.807) is 12.1 Å². The molecule has 0 aliphatic carbocycles. The van der Waals surface area contributed by atoms with Gasteiger partial charge in [-0.15, -0.1) is 0 Å². The Hall–Kier alpha value is -2.43. The first-order valence-corrected chi connectivity index (χ1v) is 5.47. The molecular formula is C14H11F2NO2. The van der Waals surface area contributed by atoms with Gasteiger partial charge in [-0.2, -0.15) is 0 Å². The molecule has 0 heterocycles. The Labute approximate surface area is 108 Å². The third kappa shape index (κ3) is 2.40. The van der Waals surface area contributed by atoms with Crippen molar-refractivity contribution in [3.05, 3.63) is 59.2 Å². The van der Waals surface area contributed by atoms with Gasteiger partial charge < -0.3 is 10.5 Å². The van der Waals surface area contributed by atoms with Gasteiger partial charge in [0.1, 0.15) is 17.4 Å². The van der Waals surface area contributed by atoms with E-state index in [4.69, 9.17) is 10.5 Å². The van der Waals surface area contributed by atoms with E-state index in [1.807, 2.05) is 0 Å². The molecule has 0 amide bonds. The van der Waals surface area contributed by atoms with Gasteiger partial charge in [0.05, 0.1) is 18.2 Å². The van der Waals surface area contributed by atoms with E-state index in [9.17, 15) is 13.6 Å². The van der Waals surface area contributed by atoms with E-state index in [0.29, 0.717) is 6.07 Å². The number of hydrogen-bond donors (Lipinski definition) is 1. The third-order valence-electron chi connectivity index (χ3n) is 2.68. The molecule has 0 fully saturated rings. The van der Waals surface area contributed by atoms with Crippen LogP contribution in [0.5, 0.6) is 5.75 Å². The number of ether oxygens (including phenoxy) is 1. The Kier molecular flexibility index (Phi) is 3.46. The highest BCUT2D eigenvalue weighted by molar-refractivity contribution is 6.14. The van der Waals surface area contributed by atoms with Gasteiger partial charge in [-0.05, 0) is 24.3 Å². The third-order valence-corrected chi connectivity index (χ3v) is 2.68. The van der Waals surface area contributed by atoms with Crippen molar-refractivity contribution in [2.75, 3.05) is 12.8 Å². The largest absolute Gasteiger partial charge is 0.496 e. The molecule has 2 aromatic carbocycles. The summed E-state index contributed by atoms with van der Waals surface area (Å²) in [6, 6.07) is 7.42. The lowest BCUT2D eigenvalue weighted by atomic mass is 10.0. The minimum atomic E-state index is -0.935. The predicted octanol–water partition coefficient (Wildman–Crippen LogP) is 2.79. The van der Waals surface area contributed by atoms with Gasteiger partial charge >= 0.3 is 0 Å². The van der Waals surface area contributed by atoms with Crippen LogP contribution >= 0.6 is 0 Å². The zero-order chi connectivity index (χ0) is 14.0. The predicted molar refractivity (Wildman–Crippen MR) is 67.2 cm³/mol. The number of methoxy groups -OCH3 is 1. The molecule has 98 valence electrons. The summed E-state index contributed by atoms with van der Waals surface area (Å²) in [4.78, 5) is 12.3. The first-order chi connectivity index (χ1) is 9.04. The van der Waals surface area contributed by atoms with Crippen molar-refractivity contribution in [1.82, 2.24) is 0 Å². The second-order valence-corrected chi connectivity index (χ2v) is 3.88. The first-order valence-electron chi connectivity index (χ1n) is 5.47. The summed E-state index contributed by atoms with van der Waals surface area (Å²) in [6.45, 7) is 0. The second-order valence-electron chi connectivity index (χ2n) is 3.88. The number of halogens is 2. The van der Waals surface area contributed by atoms with Crippen LogP contribution in [0.1, 0.15) is 15.9 Å². The van der Waals surface area contributed by atoms with Crippen LogP contribution in [0.4, 0.5) is 14.5 Å². The zero-order valence-electron chi connectivity index (χ0n) is 10.1. The molecule has 0 saturated carbocycles. The molecule has 0 unspecified atom stereocenters. The van der Waals surface area contributed by atoms with Gasteiger partial charge in [0.2, 0.25) is 5.78 Å². The molecule has 0 aromatic heterocycles. The fraction of sp³-hybridized carbons (Fsp3) is 0.0714. The highest BCUT2D eigenvalue weighted by Crippen LogP contribution is 2.27. The lowest BCUT2D eigenvalue weighted by Gasteiger charge is -2.10. The number of carbonyl (C=O) groups is 1. The quantitative estimate of drug-likeness (QED) is 0.684. The molecule has 0 spiro atoms. The van der Waals surface area contributed by atoms with Crippen molar-refractivity contribution in [3.63, 3.8) is 0 Å². The number of ketones is 1. The molecule has 0 aliphatic rings. The Balaban J connectivity index is 2.56. The van der Waals surface area contributed by atoms with Crippen LogP contribution in [0.25, 0.3) is 0 Å². The molecule has 0 saturated heterocycles. The number of nitrogens with two attached hydrogens (primary N) is 1. The fourth-order valence-electron chi connectivity index (χ4n) is 1.77. The van der Waals surface area contributed by atoms with E-state index in [1.165, 1.54) is 13.2 Å². The van der Waals surface area contributed by atoms with Crippen molar-refractivity contribution >= 4 is 11.5 Å². The summed E-state index contributed by atoms with van der Waals surface area (Å²) in [5.41, 5.74) is 5.71. The molecular weight excluding hydrogens is 252 g/mol. The summed E-state index contributed by atoms with van der Waals surface area (Å²) in [5.74, 6) is -2.08. The Morgan fingerprint density at radius 2 is 1.95 bits per heavy atom. The van der Waals surface area contributed by atoms with Crippen LogP contribution in [0.3, 0.4) is 0 Å². The molecule has 5 heteroatoms. The minimum Gasteiger partial charge on any atom is -0.496 e. The number of rotatable bonds is 3. The SMILES string of the molecule is COc1cccc(N)c1C(=O)c1ccc(F)cc1F. The average Bonchev–Trinajstić information content (AvgIpc) is 2.37. The molecule has 2 aromatic rings. The molecule has 0 atom stereocenters. The number of anilines is 1. The van der Waals surface area contributed by atoms with Crippen LogP contribution in [0.15, 0.2) is 36.4 Å². The lowest BCUT2D eigenvalue weighted by Crippen LogP contribution is -2.09. The van der Waals surface area contributed by atoms with Crippen LogP contribution < -0.4 is 10.5 Å². The minimum absolute atomic E-state index is 0.0653. The number of benzene rings is 2. The Bertz CT molecular complexity index is 641. The van der Waals surface area contributed by atoms with E-state index < -0.39 is 17.4 Å². The number of nitrogen functional groups attached to an aromatic ring is 1. The van der Waals surface area contributed by atoms with E-state index >= 15 is 0 Å². The highest BCUT2D eigenvalue weighted by Gasteiger charge is 2.20. The van der Waals surface area contributed by atoms with E-state index in [2.05, 4.69) is 0 Å². The van der Waals surface area contributed by atoms with Crippen LogP contribution in [-0.2, 0) is 0 Å².